The summed E-state index contributed by atoms with van der Waals surface area (Å²) in [5.41, 5.74) is 3.96. The molecule has 1 aliphatic rings. The van der Waals surface area contributed by atoms with Crippen molar-refractivity contribution >= 4 is 5.65 Å². The van der Waals surface area contributed by atoms with Gasteiger partial charge in [-0.2, -0.15) is 5.10 Å². The van der Waals surface area contributed by atoms with Gasteiger partial charge in [0.2, 0.25) is 0 Å². The van der Waals surface area contributed by atoms with Crippen LogP contribution >= 0.6 is 0 Å². The van der Waals surface area contributed by atoms with Crippen LogP contribution in [0.25, 0.3) is 16.9 Å². The standard InChI is InChI=1S/C15H15N5O/c1-5-21-6-2-11(1)13-7-14(12-8-16-10-17-9-12)19-20-4-3-18-15(13)20/h3-4,7-11H,1-2,5-6H2. The Hall–Kier alpha value is -2.34. The zero-order chi connectivity index (χ0) is 14.1. The van der Waals surface area contributed by atoms with Gasteiger partial charge in [0.25, 0.3) is 0 Å². The summed E-state index contributed by atoms with van der Waals surface area (Å²) in [6.45, 7) is 1.62. The second-order valence-electron chi connectivity index (χ2n) is 5.19. The predicted octanol–water partition coefficient (Wildman–Crippen LogP) is 2.08. The molecule has 4 heterocycles. The molecule has 1 saturated heterocycles. The fourth-order valence-corrected chi connectivity index (χ4v) is 2.82. The van der Waals surface area contributed by atoms with Crippen molar-refractivity contribution in [1.82, 2.24) is 24.6 Å². The highest BCUT2D eigenvalue weighted by atomic mass is 16.5. The van der Waals surface area contributed by atoms with E-state index in [0.29, 0.717) is 5.92 Å². The quantitative estimate of drug-likeness (QED) is 0.719. The van der Waals surface area contributed by atoms with Crippen LogP contribution in [0.3, 0.4) is 0 Å². The van der Waals surface area contributed by atoms with Crippen molar-refractivity contribution in [1.29, 1.82) is 0 Å². The number of hydrogen-bond acceptors (Lipinski definition) is 5. The fraction of sp³-hybridized carbons (Fsp3) is 0.333. The summed E-state index contributed by atoms with van der Waals surface area (Å²) in [5, 5.41) is 4.60. The molecule has 0 unspecified atom stereocenters. The maximum absolute atomic E-state index is 5.47. The second-order valence-corrected chi connectivity index (χ2v) is 5.19. The number of hydrogen-bond donors (Lipinski definition) is 0. The van der Waals surface area contributed by atoms with Crippen LogP contribution in [0.1, 0.15) is 24.3 Å². The van der Waals surface area contributed by atoms with E-state index >= 15 is 0 Å². The zero-order valence-corrected chi connectivity index (χ0v) is 11.5. The Kier molecular flexibility index (Phi) is 3.08. The van der Waals surface area contributed by atoms with Crippen LogP contribution < -0.4 is 0 Å². The van der Waals surface area contributed by atoms with Gasteiger partial charge in [-0.25, -0.2) is 19.5 Å². The average Bonchev–Trinajstić information content (AvgIpc) is 3.04. The van der Waals surface area contributed by atoms with Crippen LogP contribution in [0, 0.1) is 0 Å². The number of aromatic nitrogens is 5. The summed E-state index contributed by atoms with van der Waals surface area (Å²) in [7, 11) is 0. The lowest BCUT2D eigenvalue weighted by molar-refractivity contribution is 0.0855. The molecule has 0 atom stereocenters. The van der Waals surface area contributed by atoms with E-state index in [4.69, 9.17) is 4.74 Å². The number of nitrogens with zero attached hydrogens (tertiary/aromatic N) is 5. The first kappa shape index (κ1) is 12.4. The molecule has 1 fully saturated rings. The molecule has 0 radical (unpaired) electrons. The first-order valence-corrected chi connectivity index (χ1v) is 7.09. The van der Waals surface area contributed by atoms with E-state index in [2.05, 4.69) is 26.1 Å². The van der Waals surface area contributed by atoms with E-state index in [9.17, 15) is 0 Å². The van der Waals surface area contributed by atoms with Crippen molar-refractivity contribution in [2.75, 3.05) is 13.2 Å². The van der Waals surface area contributed by atoms with Gasteiger partial charge in [0.05, 0.1) is 5.69 Å². The maximum Gasteiger partial charge on any atom is 0.156 e. The Labute approximate surface area is 121 Å². The zero-order valence-electron chi connectivity index (χ0n) is 11.5. The van der Waals surface area contributed by atoms with Crippen LogP contribution in [0.2, 0.25) is 0 Å². The van der Waals surface area contributed by atoms with E-state index in [-0.39, 0.29) is 0 Å². The SMILES string of the molecule is c1ncc(-c2cc(C3CCOCC3)c3nccn3n2)cn1. The molecule has 0 N–H and O–H groups in total. The van der Waals surface area contributed by atoms with Crippen molar-refractivity contribution in [3.05, 3.63) is 42.7 Å². The molecule has 0 spiro atoms. The van der Waals surface area contributed by atoms with Crippen LogP contribution in [-0.4, -0.2) is 37.8 Å². The molecule has 0 aromatic carbocycles. The van der Waals surface area contributed by atoms with Crippen LogP contribution in [0.15, 0.2) is 37.2 Å². The summed E-state index contributed by atoms with van der Waals surface area (Å²) in [6.07, 6.45) is 10.8. The first-order chi connectivity index (χ1) is 10.4. The van der Waals surface area contributed by atoms with Crippen molar-refractivity contribution in [2.45, 2.75) is 18.8 Å². The molecule has 0 bridgehead atoms. The first-order valence-electron chi connectivity index (χ1n) is 7.09. The third-order valence-corrected chi connectivity index (χ3v) is 3.91. The number of fused-ring (bicyclic) bond motifs is 1. The predicted molar refractivity (Wildman–Crippen MR) is 76.8 cm³/mol. The third kappa shape index (κ3) is 2.27. The smallest absolute Gasteiger partial charge is 0.156 e. The minimum Gasteiger partial charge on any atom is -0.381 e. The van der Waals surface area contributed by atoms with Gasteiger partial charge in [-0.3, -0.25) is 0 Å². The molecule has 6 nitrogen and oxygen atoms in total. The van der Waals surface area contributed by atoms with Crippen molar-refractivity contribution in [2.24, 2.45) is 0 Å². The van der Waals surface area contributed by atoms with Gasteiger partial charge in [-0.05, 0) is 24.8 Å². The highest BCUT2D eigenvalue weighted by Crippen LogP contribution is 2.31. The van der Waals surface area contributed by atoms with E-state index in [1.165, 1.54) is 11.9 Å². The van der Waals surface area contributed by atoms with Gasteiger partial charge in [0, 0.05) is 49.1 Å². The van der Waals surface area contributed by atoms with E-state index in [1.54, 1.807) is 18.6 Å². The number of ether oxygens (including phenoxy) is 1. The van der Waals surface area contributed by atoms with Crippen molar-refractivity contribution in [3.8, 4) is 11.3 Å². The highest BCUT2D eigenvalue weighted by Gasteiger charge is 2.21. The Balaban J connectivity index is 1.86. The summed E-state index contributed by atoms with van der Waals surface area (Å²) >= 11 is 0. The van der Waals surface area contributed by atoms with Crippen LogP contribution in [0.5, 0.6) is 0 Å². The molecule has 6 heteroatoms. The normalized spacial score (nSPS) is 16.4. The molecule has 1 aliphatic heterocycles. The number of rotatable bonds is 2. The molecule has 106 valence electrons. The Morgan fingerprint density at radius 3 is 2.76 bits per heavy atom. The monoisotopic (exact) mass is 281 g/mol. The summed E-state index contributed by atoms with van der Waals surface area (Å²) < 4.78 is 7.31. The summed E-state index contributed by atoms with van der Waals surface area (Å²) in [6, 6.07) is 2.12. The fourth-order valence-electron chi connectivity index (χ4n) is 2.82. The molecular formula is C15H15N5O. The van der Waals surface area contributed by atoms with Crippen molar-refractivity contribution < 1.29 is 4.74 Å². The van der Waals surface area contributed by atoms with E-state index in [1.807, 2.05) is 10.7 Å². The van der Waals surface area contributed by atoms with E-state index < -0.39 is 0 Å². The lowest BCUT2D eigenvalue weighted by Gasteiger charge is -2.23. The minimum atomic E-state index is 0.468. The molecule has 0 saturated carbocycles. The molecule has 4 rings (SSSR count). The lowest BCUT2D eigenvalue weighted by atomic mass is 9.92. The van der Waals surface area contributed by atoms with Crippen LogP contribution in [0.4, 0.5) is 0 Å². The molecular weight excluding hydrogens is 266 g/mol. The molecule has 21 heavy (non-hydrogen) atoms. The molecule has 3 aromatic rings. The molecule has 3 aromatic heterocycles. The molecule has 0 amide bonds. The van der Waals surface area contributed by atoms with Gasteiger partial charge < -0.3 is 4.74 Å². The van der Waals surface area contributed by atoms with Gasteiger partial charge in [0.15, 0.2) is 5.65 Å². The Morgan fingerprint density at radius 1 is 1.14 bits per heavy atom. The summed E-state index contributed by atoms with van der Waals surface area (Å²) in [4.78, 5) is 12.6. The lowest BCUT2D eigenvalue weighted by Crippen LogP contribution is -2.15. The topological polar surface area (TPSA) is 65.2 Å². The highest BCUT2D eigenvalue weighted by molar-refractivity contribution is 5.62. The Bertz CT molecular complexity index is 749. The van der Waals surface area contributed by atoms with Gasteiger partial charge in [-0.1, -0.05) is 0 Å². The van der Waals surface area contributed by atoms with Gasteiger partial charge >= 0.3 is 0 Å². The summed E-state index contributed by atoms with van der Waals surface area (Å²) in [5.74, 6) is 0.468. The van der Waals surface area contributed by atoms with E-state index in [0.717, 1.165) is 43.0 Å². The largest absolute Gasteiger partial charge is 0.381 e. The Morgan fingerprint density at radius 2 is 1.95 bits per heavy atom. The molecule has 0 aliphatic carbocycles. The minimum absolute atomic E-state index is 0.468. The maximum atomic E-state index is 5.47. The van der Waals surface area contributed by atoms with Crippen molar-refractivity contribution in [3.63, 3.8) is 0 Å². The average molecular weight is 281 g/mol. The van der Waals surface area contributed by atoms with Gasteiger partial charge in [-0.15, -0.1) is 0 Å². The number of imidazole rings is 1. The third-order valence-electron chi connectivity index (χ3n) is 3.91. The second kappa shape index (κ2) is 5.21. The van der Waals surface area contributed by atoms with Gasteiger partial charge in [0.1, 0.15) is 6.33 Å². The van der Waals surface area contributed by atoms with Crippen LogP contribution in [-0.2, 0) is 4.74 Å².